The number of hydrogen-bond donors (Lipinski definition) is 2. The molecule has 0 amide bonds. The molecule has 12 heteroatoms. The van der Waals surface area contributed by atoms with E-state index in [9.17, 15) is 0 Å². The largest absolute Gasteiger partial charge is 0.491 e. The summed E-state index contributed by atoms with van der Waals surface area (Å²) in [5.41, 5.74) is 9.91. The number of fused-ring (bicyclic) bond motifs is 3. The van der Waals surface area contributed by atoms with Crippen LogP contribution in [0.4, 0.5) is 0 Å². The van der Waals surface area contributed by atoms with Crippen LogP contribution in [0.3, 0.4) is 0 Å². The molecule has 0 unspecified atom stereocenters. The SMILES string of the molecule is COCCOCCOCCOc1ccc(-c2c(-c3ccc(COCCOCCOCCO)c(COCCOCCOCCO)c3)c3cc(C)ccc3c3ccc(C)cc23)cc1C. The van der Waals surface area contributed by atoms with Gasteiger partial charge in [0.2, 0.25) is 0 Å². The van der Waals surface area contributed by atoms with Crippen LogP contribution in [0.5, 0.6) is 5.75 Å². The first-order valence-electron chi connectivity index (χ1n) is 21.6. The van der Waals surface area contributed by atoms with Crippen molar-refractivity contribution in [2.75, 3.05) is 126 Å². The number of aryl methyl sites for hydroxylation is 3. The highest BCUT2D eigenvalue weighted by Gasteiger charge is 2.20. The van der Waals surface area contributed by atoms with Crippen LogP contribution < -0.4 is 4.74 Å². The summed E-state index contributed by atoms with van der Waals surface area (Å²) in [6, 6.07) is 26.5. The molecule has 5 aromatic carbocycles. The smallest absolute Gasteiger partial charge is 0.122 e. The zero-order chi connectivity index (χ0) is 43.8. The van der Waals surface area contributed by atoms with Crippen molar-refractivity contribution in [1.29, 1.82) is 0 Å². The van der Waals surface area contributed by atoms with Crippen LogP contribution in [0, 0.1) is 20.8 Å². The summed E-state index contributed by atoms with van der Waals surface area (Å²) in [5.74, 6) is 0.818. The predicted octanol–water partition coefficient (Wildman–Crippen LogP) is 7.39. The molecule has 0 saturated carbocycles. The Balaban J connectivity index is 1.45. The summed E-state index contributed by atoms with van der Waals surface area (Å²) in [4.78, 5) is 0. The summed E-state index contributed by atoms with van der Waals surface area (Å²) in [5, 5.41) is 22.6. The van der Waals surface area contributed by atoms with Gasteiger partial charge in [-0.2, -0.15) is 0 Å². The summed E-state index contributed by atoms with van der Waals surface area (Å²) >= 11 is 0. The highest BCUT2D eigenvalue weighted by molar-refractivity contribution is 6.21. The van der Waals surface area contributed by atoms with Crippen LogP contribution in [0.15, 0.2) is 72.8 Å². The molecule has 0 aromatic heterocycles. The Morgan fingerprint density at radius 2 is 0.823 bits per heavy atom. The second kappa shape index (κ2) is 27.9. The number of ether oxygens (including phenoxy) is 10. The molecular weight excluding hydrogens is 793 g/mol. The maximum Gasteiger partial charge on any atom is 0.122 e. The molecule has 2 N–H and O–H groups in total. The molecule has 0 aliphatic heterocycles. The first-order chi connectivity index (χ1) is 30.4. The molecule has 0 heterocycles. The summed E-state index contributed by atoms with van der Waals surface area (Å²) in [7, 11) is 1.66. The first kappa shape index (κ1) is 49.0. The summed E-state index contributed by atoms with van der Waals surface area (Å²) in [6.07, 6.45) is 0. The lowest BCUT2D eigenvalue weighted by molar-refractivity contribution is 0.00162. The normalized spacial score (nSPS) is 11.6. The van der Waals surface area contributed by atoms with Crippen molar-refractivity contribution in [2.45, 2.75) is 34.0 Å². The molecule has 12 nitrogen and oxygen atoms in total. The third-order valence-corrected chi connectivity index (χ3v) is 10.2. The van der Waals surface area contributed by atoms with Crippen LogP contribution in [0.2, 0.25) is 0 Å². The Bertz CT molecular complexity index is 2070. The van der Waals surface area contributed by atoms with Gasteiger partial charge in [0, 0.05) is 7.11 Å². The third-order valence-electron chi connectivity index (χ3n) is 10.2. The molecule has 0 fully saturated rings. The highest BCUT2D eigenvalue weighted by atomic mass is 16.6. The van der Waals surface area contributed by atoms with E-state index in [1.807, 2.05) is 0 Å². The molecule has 5 rings (SSSR count). The maximum atomic E-state index is 8.95. The molecule has 62 heavy (non-hydrogen) atoms. The molecule has 0 saturated heterocycles. The summed E-state index contributed by atoms with van der Waals surface area (Å²) in [6.45, 7) is 14.1. The first-order valence-corrected chi connectivity index (χ1v) is 21.6. The number of aliphatic hydroxyl groups excluding tert-OH is 2. The lowest BCUT2D eigenvalue weighted by Gasteiger charge is -2.21. The van der Waals surface area contributed by atoms with E-state index in [2.05, 4.69) is 93.6 Å². The number of aliphatic hydroxyl groups is 2. The lowest BCUT2D eigenvalue weighted by Crippen LogP contribution is -2.12. The van der Waals surface area contributed by atoms with Crippen LogP contribution in [0.25, 0.3) is 43.8 Å². The number of benzene rings is 5. The van der Waals surface area contributed by atoms with Gasteiger partial charge in [0.15, 0.2) is 0 Å². The molecule has 0 aliphatic carbocycles. The van der Waals surface area contributed by atoms with Gasteiger partial charge in [-0.15, -0.1) is 0 Å². The average Bonchev–Trinajstić information content (AvgIpc) is 3.27. The Morgan fingerprint density at radius 1 is 0.387 bits per heavy atom. The Hall–Kier alpha value is -4.02. The Morgan fingerprint density at radius 3 is 1.32 bits per heavy atom. The van der Waals surface area contributed by atoms with Crippen molar-refractivity contribution < 1.29 is 57.6 Å². The molecule has 0 radical (unpaired) electrons. The lowest BCUT2D eigenvalue weighted by atomic mass is 9.83. The molecular formula is C50H66O12. The molecule has 0 bridgehead atoms. The zero-order valence-corrected chi connectivity index (χ0v) is 37.0. The second-order valence-corrected chi connectivity index (χ2v) is 14.9. The Labute approximate surface area is 366 Å². The van der Waals surface area contributed by atoms with Gasteiger partial charge in [-0.05, 0) is 99.5 Å². The van der Waals surface area contributed by atoms with Crippen LogP contribution in [-0.4, -0.2) is 136 Å². The van der Waals surface area contributed by atoms with Gasteiger partial charge < -0.3 is 57.6 Å². The molecule has 0 aliphatic rings. The minimum absolute atomic E-state index is 0.00770. The van der Waals surface area contributed by atoms with Gasteiger partial charge in [-0.25, -0.2) is 0 Å². The van der Waals surface area contributed by atoms with Crippen molar-refractivity contribution in [2.24, 2.45) is 0 Å². The van der Waals surface area contributed by atoms with E-state index in [-0.39, 0.29) is 13.2 Å². The predicted molar refractivity (Wildman–Crippen MR) is 242 cm³/mol. The van der Waals surface area contributed by atoms with Gasteiger partial charge in [0.25, 0.3) is 0 Å². The monoisotopic (exact) mass is 858 g/mol. The van der Waals surface area contributed by atoms with Crippen LogP contribution in [-0.2, 0) is 55.8 Å². The second-order valence-electron chi connectivity index (χ2n) is 14.9. The maximum absolute atomic E-state index is 8.95. The minimum Gasteiger partial charge on any atom is -0.491 e. The topological polar surface area (TPSA) is 133 Å². The fourth-order valence-electron chi connectivity index (χ4n) is 7.14. The molecule has 0 spiro atoms. The quantitative estimate of drug-likeness (QED) is 0.0330. The fraction of sp³-hybridized carbons (Fsp3) is 0.480. The van der Waals surface area contributed by atoms with E-state index in [1.54, 1.807) is 7.11 Å². The van der Waals surface area contributed by atoms with Crippen molar-refractivity contribution in [3.05, 3.63) is 101 Å². The van der Waals surface area contributed by atoms with E-state index in [0.717, 1.165) is 44.7 Å². The molecule has 338 valence electrons. The highest BCUT2D eigenvalue weighted by Crippen LogP contribution is 2.46. The van der Waals surface area contributed by atoms with E-state index in [4.69, 9.17) is 57.6 Å². The van der Waals surface area contributed by atoms with Crippen molar-refractivity contribution >= 4 is 21.5 Å². The Kier molecular flexibility index (Phi) is 22.1. The minimum atomic E-state index is -0.0114. The number of hydrogen-bond acceptors (Lipinski definition) is 12. The van der Waals surface area contributed by atoms with Gasteiger partial charge in [-0.1, -0.05) is 65.7 Å². The van der Waals surface area contributed by atoms with Gasteiger partial charge in [0.1, 0.15) is 12.4 Å². The zero-order valence-electron chi connectivity index (χ0n) is 37.0. The van der Waals surface area contributed by atoms with E-state index >= 15 is 0 Å². The standard InChI is InChI=1S/C50H66O12/c1-37-5-10-44-45-11-6-38(2)32-47(45)50(49(46(44)31-37)40-9-12-48(39(3)33-40)62-30-29-59-24-23-56-18-17-53-4)41-7-8-42(35-60-27-25-57-21-19-54-15-13-51)43(34-41)36-61-28-26-58-22-20-55-16-14-52/h5-12,31-34,51-52H,13-30,35-36H2,1-4H3. The van der Waals surface area contributed by atoms with E-state index in [0.29, 0.717) is 119 Å². The number of methoxy groups -OCH3 is 1. The fourth-order valence-corrected chi connectivity index (χ4v) is 7.14. The summed E-state index contributed by atoms with van der Waals surface area (Å²) < 4.78 is 56.7. The molecule has 5 aromatic rings. The van der Waals surface area contributed by atoms with Crippen molar-refractivity contribution in [3.8, 4) is 28.0 Å². The van der Waals surface area contributed by atoms with Crippen LogP contribution in [0.1, 0.15) is 27.8 Å². The van der Waals surface area contributed by atoms with Crippen molar-refractivity contribution in [1.82, 2.24) is 0 Å². The average molecular weight is 859 g/mol. The van der Waals surface area contributed by atoms with Gasteiger partial charge in [-0.3, -0.25) is 0 Å². The third kappa shape index (κ3) is 15.4. The van der Waals surface area contributed by atoms with Gasteiger partial charge in [0.05, 0.1) is 126 Å². The van der Waals surface area contributed by atoms with Crippen LogP contribution >= 0.6 is 0 Å². The molecule has 0 atom stereocenters. The van der Waals surface area contributed by atoms with E-state index < -0.39 is 0 Å². The van der Waals surface area contributed by atoms with Gasteiger partial charge >= 0.3 is 0 Å². The van der Waals surface area contributed by atoms with Crippen molar-refractivity contribution in [3.63, 3.8) is 0 Å². The van der Waals surface area contributed by atoms with E-state index in [1.165, 1.54) is 32.7 Å². The number of rotatable bonds is 32.